The van der Waals surface area contributed by atoms with E-state index in [1.165, 1.54) is 12.1 Å². The van der Waals surface area contributed by atoms with E-state index in [0.29, 0.717) is 24.8 Å². The molecule has 0 spiro atoms. The highest BCUT2D eigenvalue weighted by Crippen LogP contribution is 2.21. The average Bonchev–Trinajstić information content (AvgIpc) is 2.41. The number of halogens is 1. The van der Waals surface area contributed by atoms with Crippen molar-refractivity contribution < 1.29 is 19.4 Å². The predicted molar refractivity (Wildman–Crippen MR) is 86.9 cm³/mol. The van der Waals surface area contributed by atoms with Gasteiger partial charge < -0.3 is 21.7 Å². The van der Waals surface area contributed by atoms with Crippen LogP contribution in [0, 0.1) is 11.7 Å². The molecule has 3 atom stereocenters. The number of primary amides is 1. The molecule has 0 aliphatic heterocycles. The lowest BCUT2D eigenvalue weighted by molar-refractivity contribution is -0.123. The highest BCUT2D eigenvalue weighted by Gasteiger charge is 2.26. The first kappa shape index (κ1) is 19.5. The number of aliphatic hydroxyl groups is 2. The van der Waals surface area contributed by atoms with Crippen LogP contribution in [0.15, 0.2) is 24.3 Å². The van der Waals surface area contributed by atoms with Gasteiger partial charge in [0.15, 0.2) is 0 Å². The van der Waals surface area contributed by atoms with Gasteiger partial charge >= 0.3 is 0 Å². The lowest BCUT2D eigenvalue weighted by atomic mass is 9.88. The molecule has 0 saturated carbocycles. The maximum atomic E-state index is 13.2. The van der Waals surface area contributed by atoms with E-state index in [4.69, 9.17) is 11.5 Å². The van der Waals surface area contributed by atoms with E-state index >= 15 is 0 Å². The first-order valence-electron chi connectivity index (χ1n) is 7.78. The van der Waals surface area contributed by atoms with Crippen molar-refractivity contribution in [1.82, 2.24) is 0 Å². The van der Waals surface area contributed by atoms with Crippen LogP contribution in [0.5, 0.6) is 0 Å². The van der Waals surface area contributed by atoms with Crippen molar-refractivity contribution in [3.63, 3.8) is 0 Å². The van der Waals surface area contributed by atoms with Gasteiger partial charge in [0.1, 0.15) is 5.82 Å². The smallest absolute Gasteiger partial charge is 0.220 e. The Morgan fingerprint density at radius 2 is 2.04 bits per heavy atom. The Morgan fingerprint density at radius 1 is 1.39 bits per heavy atom. The molecule has 0 fully saturated rings. The van der Waals surface area contributed by atoms with Crippen LogP contribution < -0.4 is 11.5 Å². The third-order valence-electron chi connectivity index (χ3n) is 3.89. The Hall–Kier alpha value is -1.50. The molecule has 5 nitrogen and oxygen atoms in total. The summed E-state index contributed by atoms with van der Waals surface area (Å²) in [6.45, 7) is 3.30. The fourth-order valence-electron chi connectivity index (χ4n) is 2.44. The van der Waals surface area contributed by atoms with Gasteiger partial charge in [0.05, 0.1) is 11.7 Å². The van der Waals surface area contributed by atoms with E-state index in [1.807, 2.05) is 0 Å². The summed E-state index contributed by atoms with van der Waals surface area (Å²) in [6, 6.07) is 5.40. The van der Waals surface area contributed by atoms with Gasteiger partial charge in [-0.25, -0.2) is 4.39 Å². The highest BCUT2D eigenvalue weighted by molar-refractivity contribution is 5.76. The normalized spacial score (nSPS) is 15.9. The van der Waals surface area contributed by atoms with Crippen LogP contribution in [0.4, 0.5) is 4.39 Å². The summed E-state index contributed by atoms with van der Waals surface area (Å²) < 4.78 is 13.2. The summed E-state index contributed by atoms with van der Waals surface area (Å²) in [6.07, 6.45) is 0.268. The van der Waals surface area contributed by atoms with Gasteiger partial charge in [-0.15, -0.1) is 0 Å². The second-order valence-electron chi connectivity index (χ2n) is 6.75. The minimum atomic E-state index is -0.933. The van der Waals surface area contributed by atoms with Crippen molar-refractivity contribution in [3.8, 4) is 0 Å². The number of nitrogens with two attached hydrogens (primary N) is 2. The number of rotatable bonds is 9. The summed E-state index contributed by atoms with van der Waals surface area (Å²) >= 11 is 0. The molecule has 0 aromatic heterocycles. The van der Waals surface area contributed by atoms with E-state index < -0.39 is 29.6 Å². The van der Waals surface area contributed by atoms with Crippen LogP contribution in [0.1, 0.15) is 38.7 Å². The Labute approximate surface area is 136 Å². The fraction of sp³-hybridized carbons (Fsp3) is 0.588. The number of amides is 1. The molecular weight excluding hydrogens is 299 g/mol. The lowest BCUT2D eigenvalue weighted by Gasteiger charge is -2.25. The number of hydrogen-bond donors (Lipinski definition) is 4. The molecular formula is C17H27FN2O3. The number of aliphatic hydroxyl groups excluding tert-OH is 1. The van der Waals surface area contributed by atoms with E-state index in [2.05, 4.69) is 0 Å². The van der Waals surface area contributed by atoms with Gasteiger partial charge in [-0.2, -0.15) is 0 Å². The summed E-state index contributed by atoms with van der Waals surface area (Å²) in [5.74, 6) is -1.44. The van der Waals surface area contributed by atoms with Crippen LogP contribution in [0.25, 0.3) is 0 Å². The molecule has 0 bridgehead atoms. The summed E-state index contributed by atoms with van der Waals surface area (Å²) in [7, 11) is 0. The lowest BCUT2D eigenvalue weighted by Crippen LogP contribution is -2.40. The Morgan fingerprint density at radius 3 is 2.57 bits per heavy atom. The van der Waals surface area contributed by atoms with Crippen LogP contribution in [0.3, 0.4) is 0 Å². The Kier molecular flexibility index (Phi) is 7.12. The van der Waals surface area contributed by atoms with Gasteiger partial charge in [-0.3, -0.25) is 4.79 Å². The van der Waals surface area contributed by atoms with E-state index in [9.17, 15) is 19.4 Å². The molecule has 1 aromatic carbocycles. The topological polar surface area (TPSA) is 110 Å². The van der Waals surface area contributed by atoms with Crippen molar-refractivity contribution in [2.75, 3.05) is 0 Å². The van der Waals surface area contributed by atoms with Crippen LogP contribution in [0.2, 0.25) is 0 Å². The average molecular weight is 326 g/mol. The van der Waals surface area contributed by atoms with Gasteiger partial charge in [-0.1, -0.05) is 12.1 Å². The standard InChI is InChI=1S/C17H27FN2O3/c1-17(2,23)7-6-12(16(20)22)10-15(21)14(19)9-11-4-3-5-13(18)8-11/h3-5,8,12,14-15,21,23H,6-7,9-10,19H2,1-2H3,(H2,20,22). The quantitative estimate of drug-likeness (QED) is 0.544. The zero-order chi connectivity index (χ0) is 17.6. The number of hydrogen-bond acceptors (Lipinski definition) is 4. The van der Waals surface area contributed by atoms with Crippen LogP contribution in [-0.4, -0.2) is 33.9 Å². The molecule has 1 amide bonds. The van der Waals surface area contributed by atoms with Gasteiger partial charge in [0, 0.05) is 12.0 Å². The Balaban J connectivity index is 2.59. The van der Waals surface area contributed by atoms with Crippen molar-refractivity contribution >= 4 is 5.91 Å². The molecule has 1 rings (SSSR count). The second kappa shape index (κ2) is 8.38. The highest BCUT2D eigenvalue weighted by atomic mass is 19.1. The SMILES string of the molecule is CC(C)(O)CCC(CC(O)C(N)Cc1cccc(F)c1)C(N)=O. The van der Waals surface area contributed by atoms with Crippen molar-refractivity contribution in [1.29, 1.82) is 0 Å². The maximum Gasteiger partial charge on any atom is 0.220 e. The van der Waals surface area contributed by atoms with Crippen molar-refractivity contribution in [3.05, 3.63) is 35.6 Å². The third-order valence-corrected chi connectivity index (χ3v) is 3.89. The zero-order valence-corrected chi connectivity index (χ0v) is 13.7. The number of carbonyl (C=O) groups excluding carboxylic acids is 1. The first-order valence-corrected chi connectivity index (χ1v) is 7.78. The molecule has 0 aliphatic rings. The molecule has 130 valence electrons. The van der Waals surface area contributed by atoms with Crippen LogP contribution >= 0.6 is 0 Å². The van der Waals surface area contributed by atoms with Crippen molar-refractivity contribution in [2.24, 2.45) is 17.4 Å². The monoisotopic (exact) mass is 326 g/mol. The number of carbonyl (C=O) groups is 1. The minimum Gasteiger partial charge on any atom is -0.391 e. The maximum absolute atomic E-state index is 13.2. The third kappa shape index (κ3) is 7.54. The van der Waals surface area contributed by atoms with Gasteiger partial charge in [0.2, 0.25) is 5.91 Å². The van der Waals surface area contributed by atoms with Crippen LogP contribution in [-0.2, 0) is 11.2 Å². The van der Waals surface area contributed by atoms with E-state index in [-0.39, 0.29) is 12.2 Å². The Bertz CT molecular complexity index is 517. The van der Waals surface area contributed by atoms with Crippen molar-refractivity contribution in [2.45, 2.75) is 57.3 Å². The zero-order valence-electron chi connectivity index (χ0n) is 13.7. The molecule has 0 aliphatic carbocycles. The second-order valence-corrected chi connectivity index (χ2v) is 6.75. The first-order chi connectivity index (χ1) is 10.6. The largest absolute Gasteiger partial charge is 0.391 e. The molecule has 1 aromatic rings. The molecule has 23 heavy (non-hydrogen) atoms. The minimum absolute atomic E-state index is 0.127. The fourth-order valence-corrected chi connectivity index (χ4v) is 2.44. The summed E-state index contributed by atoms with van der Waals surface area (Å²) in [4.78, 5) is 11.5. The number of benzene rings is 1. The van der Waals surface area contributed by atoms with Gasteiger partial charge in [0.25, 0.3) is 0 Å². The molecule has 6 heteroatoms. The van der Waals surface area contributed by atoms with Gasteiger partial charge in [-0.05, 0) is 57.2 Å². The summed E-state index contributed by atoms with van der Waals surface area (Å²) in [5, 5.41) is 19.9. The molecule has 0 heterocycles. The van der Waals surface area contributed by atoms with E-state index in [1.54, 1.807) is 26.0 Å². The summed E-state index contributed by atoms with van der Waals surface area (Å²) in [5.41, 5.74) is 11.1. The molecule has 3 unspecified atom stereocenters. The van der Waals surface area contributed by atoms with E-state index in [0.717, 1.165) is 0 Å². The molecule has 0 saturated heterocycles. The predicted octanol–water partition coefficient (Wildman–Crippen LogP) is 1.10. The molecule has 6 N–H and O–H groups in total. The molecule has 0 radical (unpaired) electrons.